The van der Waals surface area contributed by atoms with Gasteiger partial charge in [-0.3, -0.25) is 19.4 Å². The minimum absolute atomic E-state index is 0.127. The summed E-state index contributed by atoms with van der Waals surface area (Å²) in [5.41, 5.74) is 7.99. The zero-order valence-corrected chi connectivity index (χ0v) is 19.3. The Labute approximate surface area is 191 Å². The highest BCUT2D eigenvalue weighted by atomic mass is 32.1. The quantitative estimate of drug-likeness (QED) is 0.663. The average Bonchev–Trinajstić information content (AvgIpc) is 3.34. The van der Waals surface area contributed by atoms with Gasteiger partial charge in [0.05, 0.1) is 18.7 Å². The van der Waals surface area contributed by atoms with E-state index in [4.69, 9.17) is 10.5 Å². The number of amides is 2. The average molecular weight is 461 g/mol. The number of primary amides is 1. The van der Waals surface area contributed by atoms with Crippen LogP contribution in [0.1, 0.15) is 39.7 Å². The van der Waals surface area contributed by atoms with Crippen LogP contribution in [0.25, 0.3) is 0 Å². The van der Waals surface area contributed by atoms with E-state index in [1.807, 2.05) is 13.0 Å². The van der Waals surface area contributed by atoms with Gasteiger partial charge in [-0.05, 0) is 49.4 Å². The van der Waals surface area contributed by atoms with E-state index in [1.165, 1.54) is 24.5 Å². The van der Waals surface area contributed by atoms with Crippen LogP contribution in [0.3, 0.4) is 0 Å². The van der Waals surface area contributed by atoms with Crippen LogP contribution in [0.5, 0.6) is 5.75 Å². The van der Waals surface area contributed by atoms with Crippen LogP contribution in [0.2, 0.25) is 0 Å². The number of hydrogen-bond acceptors (Lipinski definition) is 6. The molecule has 32 heavy (non-hydrogen) atoms. The number of nitrogens with zero attached hydrogens (tertiary/aromatic N) is 2. The molecule has 0 spiro atoms. The van der Waals surface area contributed by atoms with Gasteiger partial charge < -0.3 is 15.8 Å². The van der Waals surface area contributed by atoms with Gasteiger partial charge in [-0.2, -0.15) is 0 Å². The van der Waals surface area contributed by atoms with E-state index >= 15 is 0 Å². The Bertz CT molecular complexity index is 1020. The number of aryl methyl sites for hydroxylation is 1. The van der Waals surface area contributed by atoms with Gasteiger partial charge in [-0.1, -0.05) is 6.07 Å². The summed E-state index contributed by atoms with van der Waals surface area (Å²) in [7, 11) is 1.45. The van der Waals surface area contributed by atoms with Crippen molar-refractivity contribution in [3.8, 4) is 5.75 Å². The van der Waals surface area contributed by atoms with Crippen molar-refractivity contribution < 1.29 is 18.7 Å². The molecule has 0 bridgehead atoms. The Balaban J connectivity index is 1.33. The number of thiophene rings is 1. The Hall–Kier alpha value is -2.49. The standard InChI is InChI=1S/C23H29FN4O3S/c1-14(22(30)26-23-20(21(25)29)16-4-3-5-19(16)32-23)28-10-8-27(9-11-28)13-15-6-7-18(31-2)17(24)12-15/h6-7,12,14H,3-5,8-11,13H2,1-2H3,(H2,25,29)(H,26,30). The molecule has 1 aliphatic carbocycles. The number of carbonyl (C=O) groups is 2. The molecule has 9 heteroatoms. The van der Waals surface area contributed by atoms with Gasteiger partial charge in [0.25, 0.3) is 5.91 Å². The lowest BCUT2D eigenvalue weighted by molar-refractivity contribution is -0.121. The molecule has 0 saturated carbocycles. The predicted molar refractivity (Wildman–Crippen MR) is 123 cm³/mol. The number of hydrogen-bond donors (Lipinski definition) is 2. The molecule has 2 aliphatic rings. The summed E-state index contributed by atoms with van der Waals surface area (Å²) in [4.78, 5) is 30.4. The number of ether oxygens (including phenoxy) is 1. The van der Waals surface area contributed by atoms with E-state index in [1.54, 1.807) is 6.07 Å². The number of rotatable bonds is 7. The second kappa shape index (κ2) is 9.56. The van der Waals surface area contributed by atoms with E-state index in [0.717, 1.165) is 61.4 Å². The van der Waals surface area contributed by atoms with Crippen LogP contribution in [0.4, 0.5) is 9.39 Å². The third kappa shape index (κ3) is 4.65. The molecule has 2 amide bonds. The number of fused-ring (bicyclic) bond motifs is 1. The minimum Gasteiger partial charge on any atom is -0.494 e. The molecular weight excluding hydrogens is 431 g/mol. The molecule has 2 heterocycles. The number of piperazine rings is 1. The lowest BCUT2D eigenvalue weighted by Gasteiger charge is -2.37. The monoisotopic (exact) mass is 460 g/mol. The third-order valence-electron chi connectivity index (χ3n) is 6.36. The predicted octanol–water partition coefficient (Wildman–Crippen LogP) is 2.63. The fourth-order valence-corrected chi connectivity index (χ4v) is 5.81. The maximum Gasteiger partial charge on any atom is 0.251 e. The number of carbonyl (C=O) groups excluding carboxylic acids is 2. The molecule has 1 aromatic heterocycles. The van der Waals surface area contributed by atoms with E-state index in [2.05, 4.69) is 15.1 Å². The summed E-state index contributed by atoms with van der Waals surface area (Å²) in [6, 6.07) is 4.71. The molecule has 1 aromatic carbocycles. The van der Waals surface area contributed by atoms with Gasteiger partial charge in [-0.15, -0.1) is 11.3 Å². The first-order valence-corrected chi connectivity index (χ1v) is 11.7. The second-order valence-electron chi connectivity index (χ2n) is 8.37. The van der Waals surface area contributed by atoms with Gasteiger partial charge >= 0.3 is 0 Å². The second-order valence-corrected chi connectivity index (χ2v) is 9.48. The largest absolute Gasteiger partial charge is 0.494 e. The van der Waals surface area contributed by atoms with E-state index in [0.29, 0.717) is 17.1 Å². The van der Waals surface area contributed by atoms with E-state index < -0.39 is 5.91 Å². The molecule has 172 valence electrons. The molecule has 3 N–H and O–H groups in total. The maximum atomic E-state index is 13.9. The summed E-state index contributed by atoms with van der Waals surface area (Å²) in [5.74, 6) is -0.716. The maximum absolute atomic E-state index is 13.9. The summed E-state index contributed by atoms with van der Waals surface area (Å²) in [6.07, 6.45) is 2.81. The fraction of sp³-hybridized carbons (Fsp3) is 0.478. The van der Waals surface area contributed by atoms with Crippen molar-refractivity contribution >= 4 is 28.2 Å². The van der Waals surface area contributed by atoms with Crippen molar-refractivity contribution in [3.63, 3.8) is 0 Å². The zero-order chi connectivity index (χ0) is 22.8. The Kier molecular flexibility index (Phi) is 6.78. The SMILES string of the molecule is COc1ccc(CN2CCN(C(C)C(=O)Nc3sc4c(c3C(N)=O)CCC4)CC2)cc1F. The van der Waals surface area contributed by atoms with Gasteiger partial charge in [0.1, 0.15) is 5.00 Å². The first kappa shape index (κ1) is 22.7. The topological polar surface area (TPSA) is 87.9 Å². The number of nitrogens with two attached hydrogens (primary N) is 1. The molecule has 4 rings (SSSR count). The van der Waals surface area contributed by atoms with Gasteiger partial charge in [0.15, 0.2) is 11.6 Å². The number of nitrogens with one attached hydrogen (secondary N) is 1. The first-order valence-electron chi connectivity index (χ1n) is 10.9. The molecule has 1 saturated heterocycles. The Morgan fingerprint density at radius 3 is 2.66 bits per heavy atom. The summed E-state index contributed by atoms with van der Waals surface area (Å²) < 4.78 is 18.9. The van der Waals surface area contributed by atoms with E-state index in [-0.39, 0.29) is 23.5 Å². The highest BCUT2D eigenvalue weighted by molar-refractivity contribution is 7.17. The molecule has 7 nitrogen and oxygen atoms in total. The molecular formula is C23H29FN4O3S. The van der Waals surface area contributed by atoms with Crippen LogP contribution in [-0.4, -0.2) is 60.9 Å². The lowest BCUT2D eigenvalue weighted by Crippen LogP contribution is -2.52. The van der Waals surface area contributed by atoms with Crippen molar-refractivity contribution in [2.45, 2.75) is 38.8 Å². The van der Waals surface area contributed by atoms with Crippen LogP contribution in [0, 0.1) is 5.82 Å². The van der Waals surface area contributed by atoms with Gasteiger partial charge in [0.2, 0.25) is 5.91 Å². The number of methoxy groups -OCH3 is 1. The van der Waals surface area contributed by atoms with Crippen molar-refractivity contribution in [1.29, 1.82) is 0 Å². The van der Waals surface area contributed by atoms with Crippen molar-refractivity contribution in [2.24, 2.45) is 5.73 Å². The van der Waals surface area contributed by atoms with Crippen LogP contribution in [-0.2, 0) is 24.2 Å². The van der Waals surface area contributed by atoms with Gasteiger partial charge in [0, 0.05) is 37.6 Å². The van der Waals surface area contributed by atoms with Crippen LogP contribution >= 0.6 is 11.3 Å². The van der Waals surface area contributed by atoms with Gasteiger partial charge in [-0.25, -0.2) is 4.39 Å². The van der Waals surface area contributed by atoms with Crippen molar-refractivity contribution in [3.05, 3.63) is 45.6 Å². The highest BCUT2D eigenvalue weighted by Gasteiger charge is 2.29. The molecule has 1 fully saturated rings. The van der Waals surface area contributed by atoms with E-state index in [9.17, 15) is 14.0 Å². The number of benzene rings is 1. The summed E-state index contributed by atoms with van der Waals surface area (Å²) in [5, 5.41) is 3.54. The first-order chi connectivity index (χ1) is 15.4. The fourth-order valence-electron chi connectivity index (χ4n) is 4.51. The Morgan fingerprint density at radius 1 is 1.25 bits per heavy atom. The Morgan fingerprint density at radius 2 is 2.00 bits per heavy atom. The van der Waals surface area contributed by atoms with Crippen LogP contribution < -0.4 is 15.8 Å². The third-order valence-corrected chi connectivity index (χ3v) is 7.57. The molecule has 1 unspecified atom stereocenters. The summed E-state index contributed by atoms with van der Waals surface area (Å²) >= 11 is 1.48. The highest BCUT2D eigenvalue weighted by Crippen LogP contribution is 2.39. The van der Waals surface area contributed by atoms with Crippen LogP contribution in [0.15, 0.2) is 18.2 Å². The molecule has 2 aromatic rings. The molecule has 1 atom stereocenters. The lowest BCUT2D eigenvalue weighted by atomic mass is 10.1. The minimum atomic E-state index is -0.476. The van der Waals surface area contributed by atoms with Crippen molar-refractivity contribution in [2.75, 3.05) is 38.6 Å². The smallest absolute Gasteiger partial charge is 0.251 e. The number of anilines is 1. The number of halogens is 1. The normalized spacial score (nSPS) is 17.7. The molecule has 1 aliphatic heterocycles. The zero-order valence-electron chi connectivity index (χ0n) is 18.4. The van der Waals surface area contributed by atoms with Crippen molar-refractivity contribution in [1.82, 2.24) is 9.80 Å². The molecule has 0 radical (unpaired) electrons. The summed E-state index contributed by atoms with van der Waals surface area (Å²) in [6.45, 7) is 5.57.